The highest BCUT2D eigenvalue weighted by atomic mass is 32.2. The van der Waals surface area contributed by atoms with Gasteiger partial charge in [0.15, 0.2) is 4.34 Å². The molecular weight excluding hydrogens is 316 g/mol. The number of nitrogen functional groups attached to an aromatic ring is 1. The highest BCUT2D eigenvalue weighted by Crippen LogP contribution is 2.33. The molecule has 0 aliphatic rings. The van der Waals surface area contributed by atoms with Gasteiger partial charge < -0.3 is 10.8 Å². The second kappa shape index (κ2) is 6.06. The van der Waals surface area contributed by atoms with Crippen molar-refractivity contribution >= 4 is 40.6 Å². The number of carboxylic acid groups (broad SMARTS) is 1. The monoisotopic (exact) mass is 326 g/mol. The van der Waals surface area contributed by atoms with Gasteiger partial charge in [-0.15, -0.1) is 11.3 Å². The van der Waals surface area contributed by atoms with E-state index in [0.717, 1.165) is 0 Å². The van der Waals surface area contributed by atoms with Gasteiger partial charge in [0, 0.05) is 10.9 Å². The normalized spacial score (nSPS) is 10.5. The molecule has 3 N–H and O–H groups in total. The summed E-state index contributed by atoms with van der Waals surface area (Å²) < 4.78 is 0.615. The van der Waals surface area contributed by atoms with Gasteiger partial charge in [-0.3, -0.25) is 14.9 Å². The molecule has 2 rings (SSSR count). The van der Waals surface area contributed by atoms with E-state index in [0.29, 0.717) is 19.9 Å². The van der Waals surface area contributed by atoms with E-state index >= 15 is 0 Å². The topological polar surface area (TPSA) is 132 Å². The molecule has 0 aromatic carbocycles. The Morgan fingerprint density at radius 2 is 2.24 bits per heavy atom. The van der Waals surface area contributed by atoms with Crippen LogP contribution in [0.4, 0.5) is 11.5 Å². The van der Waals surface area contributed by atoms with Crippen LogP contribution in [-0.4, -0.2) is 26.0 Å². The summed E-state index contributed by atoms with van der Waals surface area (Å²) in [6, 6.07) is 2.76. The third-order valence-electron chi connectivity index (χ3n) is 2.45. The number of hydrogen-bond donors (Lipinski definition) is 2. The van der Waals surface area contributed by atoms with E-state index in [-0.39, 0.29) is 17.9 Å². The number of thiazole rings is 1. The van der Waals surface area contributed by atoms with E-state index in [1.165, 1.54) is 35.2 Å². The Labute approximate surface area is 127 Å². The van der Waals surface area contributed by atoms with Crippen molar-refractivity contribution in [1.29, 1.82) is 0 Å². The number of aliphatic carboxylic acids is 1. The molecule has 2 heterocycles. The van der Waals surface area contributed by atoms with E-state index < -0.39 is 10.9 Å². The fraction of sp³-hybridized carbons (Fsp3) is 0.182. The molecule has 0 aliphatic carbocycles. The fourth-order valence-corrected chi connectivity index (χ4v) is 3.64. The van der Waals surface area contributed by atoms with E-state index in [2.05, 4.69) is 9.97 Å². The summed E-state index contributed by atoms with van der Waals surface area (Å²) in [5.41, 5.74) is 5.92. The SMILES string of the molecule is Cc1nc(Sc2ccc([N+](=O)[O-])c(N)n2)sc1CC(=O)O. The van der Waals surface area contributed by atoms with Crippen molar-refractivity contribution in [3.63, 3.8) is 0 Å². The molecule has 0 saturated heterocycles. The Balaban J connectivity index is 2.20. The first-order valence-corrected chi connectivity index (χ1v) is 7.27. The summed E-state index contributed by atoms with van der Waals surface area (Å²) in [6.07, 6.45) is -0.0834. The highest BCUT2D eigenvalue weighted by molar-refractivity contribution is 8.01. The number of anilines is 1. The van der Waals surface area contributed by atoms with Crippen LogP contribution in [0.2, 0.25) is 0 Å². The van der Waals surface area contributed by atoms with Crippen molar-refractivity contribution in [2.75, 3.05) is 5.73 Å². The van der Waals surface area contributed by atoms with E-state index in [9.17, 15) is 14.9 Å². The maximum atomic E-state index is 10.7. The Kier molecular flexibility index (Phi) is 4.38. The van der Waals surface area contributed by atoms with Crippen LogP contribution in [0, 0.1) is 17.0 Å². The summed E-state index contributed by atoms with van der Waals surface area (Å²) in [5, 5.41) is 19.9. The van der Waals surface area contributed by atoms with Gasteiger partial charge in [0.2, 0.25) is 5.82 Å². The van der Waals surface area contributed by atoms with E-state index in [4.69, 9.17) is 10.8 Å². The summed E-state index contributed by atoms with van der Waals surface area (Å²) >= 11 is 2.44. The molecule has 0 aliphatic heterocycles. The fourth-order valence-electron chi connectivity index (χ4n) is 1.50. The number of rotatable bonds is 5. The lowest BCUT2D eigenvalue weighted by atomic mass is 10.3. The van der Waals surface area contributed by atoms with Crippen LogP contribution in [-0.2, 0) is 11.2 Å². The van der Waals surface area contributed by atoms with Crippen LogP contribution in [0.25, 0.3) is 0 Å². The van der Waals surface area contributed by atoms with E-state index in [1.54, 1.807) is 6.92 Å². The molecule has 0 atom stereocenters. The average molecular weight is 326 g/mol. The molecule has 0 radical (unpaired) electrons. The summed E-state index contributed by atoms with van der Waals surface area (Å²) in [5.74, 6) is -1.08. The molecule has 0 spiro atoms. The zero-order chi connectivity index (χ0) is 15.6. The first-order valence-electron chi connectivity index (χ1n) is 5.63. The standard InChI is InChI=1S/C11H10N4O4S2/c1-5-7(4-9(16)17)20-11(13-5)21-8-3-2-6(15(18)19)10(12)14-8/h2-3H,4H2,1H3,(H2,12,14)(H,16,17). The van der Waals surface area contributed by atoms with E-state index in [1.807, 2.05) is 0 Å². The van der Waals surface area contributed by atoms with Crippen LogP contribution in [0.1, 0.15) is 10.6 Å². The maximum absolute atomic E-state index is 10.7. The molecule has 0 saturated carbocycles. The average Bonchev–Trinajstić information content (AvgIpc) is 2.68. The quantitative estimate of drug-likeness (QED) is 0.630. The van der Waals surface area contributed by atoms with Crippen molar-refractivity contribution in [1.82, 2.24) is 9.97 Å². The molecule has 110 valence electrons. The smallest absolute Gasteiger partial charge is 0.311 e. The van der Waals surface area contributed by atoms with Crippen LogP contribution >= 0.6 is 23.1 Å². The number of pyridine rings is 1. The number of aryl methyl sites for hydroxylation is 1. The zero-order valence-electron chi connectivity index (χ0n) is 10.8. The van der Waals surface area contributed by atoms with Crippen LogP contribution in [0.3, 0.4) is 0 Å². The highest BCUT2D eigenvalue weighted by Gasteiger charge is 2.16. The predicted octanol–water partition coefficient (Wildman–Crippen LogP) is 2.12. The minimum Gasteiger partial charge on any atom is -0.481 e. The van der Waals surface area contributed by atoms with Crippen LogP contribution < -0.4 is 5.73 Å². The lowest BCUT2D eigenvalue weighted by molar-refractivity contribution is -0.384. The van der Waals surface area contributed by atoms with Crippen molar-refractivity contribution in [3.05, 3.63) is 32.8 Å². The van der Waals surface area contributed by atoms with Gasteiger partial charge in [0.25, 0.3) is 0 Å². The zero-order valence-corrected chi connectivity index (χ0v) is 12.4. The second-order valence-corrected chi connectivity index (χ2v) is 6.32. The predicted molar refractivity (Wildman–Crippen MR) is 77.6 cm³/mol. The van der Waals surface area contributed by atoms with Gasteiger partial charge in [-0.05, 0) is 24.8 Å². The third kappa shape index (κ3) is 3.67. The minimum absolute atomic E-state index is 0.0834. The van der Waals surface area contributed by atoms with Crippen molar-refractivity contribution in [3.8, 4) is 0 Å². The van der Waals surface area contributed by atoms with Crippen molar-refractivity contribution in [2.24, 2.45) is 0 Å². The number of nitrogens with zero attached hydrogens (tertiary/aromatic N) is 3. The summed E-state index contributed by atoms with van der Waals surface area (Å²) in [4.78, 5) is 29.6. The number of nitro groups is 1. The molecule has 0 bridgehead atoms. The van der Waals surface area contributed by atoms with Gasteiger partial charge >= 0.3 is 11.7 Å². The van der Waals surface area contributed by atoms with Crippen LogP contribution in [0.5, 0.6) is 0 Å². The molecule has 0 amide bonds. The number of carboxylic acids is 1. The lowest BCUT2D eigenvalue weighted by Gasteiger charge is -1.99. The third-order valence-corrected chi connectivity index (χ3v) is 4.60. The number of nitrogens with two attached hydrogens (primary N) is 1. The molecule has 8 nitrogen and oxygen atoms in total. The molecule has 2 aromatic rings. The van der Waals surface area contributed by atoms with Gasteiger partial charge in [-0.25, -0.2) is 9.97 Å². The Morgan fingerprint density at radius 3 is 2.81 bits per heavy atom. The minimum atomic E-state index is -0.920. The van der Waals surface area contributed by atoms with Crippen LogP contribution in [0.15, 0.2) is 21.5 Å². The Morgan fingerprint density at radius 1 is 1.52 bits per heavy atom. The number of carbonyl (C=O) groups is 1. The first kappa shape index (κ1) is 15.2. The van der Waals surface area contributed by atoms with Crippen molar-refractivity contribution < 1.29 is 14.8 Å². The maximum Gasteiger partial charge on any atom is 0.311 e. The molecule has 2 aromatic heterocycles. The van der Waals surface area contributed by atoms with Gasteiger partial charge in [-0.2, -0.15) is 0 Å². The molecule has 0 fully saturated rings. The van der Waals surface area contributed by atoms with Crippen molar-refractivity contribution in [2.45, 2.75) is 22.7 Å². The number of hydrogen-bond acceptors (Lipinski definition) is 8. The Bertz CT molecular complexity index is 716. The molecule has 21 heavy (non-hydrogen) atoms. The number of aromatic nitrogens is 2. The Hall–Kier alpha value is -2.20. The summed E-state index contributed by atoms with van der Waals surface area (Å²) in [7, 11) is 0. The first-order chi connectivity index (χ1) is 9.86. The molecule has 10 heteroatoms. The van der Waals surface area contributed by atoms with Gasteiger partial charge in [0.1, 0.15) is 5.03 Å². The molecular formula is C11H10N4O4S2. The second-order valence-electron chi connectivity index (χ2n) is 3.97. The summed E-state index contributed by atoms with van der Waals surface area (Å²) in [6.45, 7) is 1.73. The van der Waals surface area contributed by atoms with Gasteiger partial charge in [-0.1, -0.05) is 0 Å². The largest absolute Gasteiger partial charge is 0.481 e. The molecule has 0 unspecified atom stereocenters. The van der Waals surface area contributed by atoms with Gasteiger partial charge in [0.05, 0.1) is 17.0 Å². The lowest BCUT2D eigenvalue weighted by Crippen LogP contribution is -1.99.